The van der Waals surface area contributed by atoms with Crippen molar-refractivity contribution in [2.75, 3.05) is 11.4 Å². The molecule has 0 atom stereocenters. The Morgan fingerprint density at radius 1 is 1.53 bits per heavy atom. The Hall–Kier alpha value is -1.56. The van der Waals surface area contributed by atoms with E-state index in [0.717, 1.165) is 10.0 Å². The zero-order valence-electron chi connectivity index (χ0n) is 10.8. The third-order valence-electron chi connectivity index (χ3n) is 2.81. The highest BCUT2D eigenvalue weighted by molar-refractivity contribution is 9.10. The molecular weight excluding hydrogens is 312 g/mol. The van der Waals surface area contributed by atoms with Crippen LogP contribution < -0.4 is 4.90 Å². The zero-order chi connectivity index (χ0) is 14.0. The lowest BCUT2D eigenvalue weighted by atomic mass is 10.00. The van der Waals surface area contributed by atoms with E-state index in [-0.39, 0.29) is 12.2 Å². The Balaban J connectivity index is 2.39. The topological polar surface area (TPSA) is 62.1 Å². The highest BCUT2D eigenvalue weighted by atomic mass is 79.9. The summed E-state index contributed by atoms with van der Waals surface area (Å²) in [6.45, 7) is 4.06. The molecule has 1 aromatic rings. The second kappa shape index (κ2) is 5.61. The van der Waals surface area contributed by atoms with E-state index in [9.17, 15) is 4.79 Å². The van der Waals surface area contributed by atoms with Crippen molar-refractivity contribution in [3.8, 4) is 0 Å². The predicted octanol–water partition coefficient (Wildman–Crippen LogP) is 3.38. The molecule has 102 valence electrons. The number of ether oxygens (including phenoxy) is 1. The van der Waals surface area contributed by atoms with Crippen molar-refractivity contribution in [2.24, 2.45) is 5.16 Å². The Morgan fingerprint density at radius 2 is 2.26 bits per heavy atom. The molecule has 0 unspecified atom stereocenters. The van der Waals surface area contributed by atoms with E-state index in [1.807, 2.05) is 32.0 Å². The lowest BCUT2D eigenvalue weighted by Gasteiger charge is -2.29. The number of hydrogen-bond acceptors (Lipinski definition) is 4. The standard InChI is InChI=1S/C13H15BrN2O3/c1-8(2)19-13(17)16-6-5-11(15-18)10-7-9(14)3-4-12(10)16/h3-4,7-8,18H,5-6H2,1-2H3/b15-11-. The van der Waals surface area contributed by atoms with E-state index in [0.29, 0.717) is 24.4 Å². The molecule has 1 heterocycles. The molecule has 0 aliphatic carbocycles. The first-order valence-electron chi connectivity index (χ1n) is 6.02. The summed E-state index contributed by atoms with van der Waals surface area (Å²) in [5, 5.41) is 12.3. The van der Waals surface area contributed by atoms with Crippen molar-refractivity contribution in [2.45, 2.75) is 26.4 Å². The largest absolute Gasteiger partial charge is 0.446 e. The lowest BCUT2D eigenvalue weighted by molar-refractivity contribution is 0.122. The third kappa shape index (κ3) is 2.89. The normalized spacial score (nSPS) is 16.6. The van der Waals surface area contributed by atoms with Gasteiger partial charge in [0.15, 0.2) is 0 Å². The first-order chi connectivity index (χ1) is 9.02. The van der Waals surface area contributed by atoms with Gasteiger partial charge >= 0.3 is 6.09 Å². The molecule has 0 bridgehead atoms. The molecule has 0 fully saturated rings. The molecule has 1 aliphatic rings. The van der Waals surface area contributed by atoms with Gasteiger partial charge in [-0.25, -0.2) is 4.79 Å². The van der Waals surface area contributed by atoms with Crippen molar-refractivity contribution in [3.05, 3.63) is 28.2 Å². The van der Waals surface area contributed by atoms with Crippen LogP contribution in [0.3, 0.4) is 0 Å². The van der Waals surface area contributed by atoms with Gasteiger partial charge in [-0.05, 0) is 32.0 Å². The minimum Gasteiger partial charge on any atom is -0.446 e. The van der Waals surface area contributed by atoms with Crippen molar-refractivity contribution in [1.29, 1.82) is 0 Å². The summed E-state index contributed by atoms with van der Waals surface area (Å²) >= 11 is 3.37. The van der Waals surface area contributed by atoms with Gasteiger partial charge in [-0.2, -0.15) is 0 Å². The van der Waals surface area contributed by atoms with Crippen LogP contribution in [0.2, 0.25) is 0 Å². The Bertz CT molecular complexity index is 529. The van der Waals surface area contributed by atoms with Crippen LogP contribution in [0, 0.1) is 0 Å². The quantitative estimate of drug-likeness (QED) is 0.635. The van der Waals surface area contributed by atoms with Gasteiger partial charge in [-0.15, -0.1) is 0 Å². The molecule has 2 rings (SSSR count). The van der Waals surface area contributed by atoms with Crippen LogP contribution in [0.15, 0.2) is 27.8 Å². The van der Waals surface area contributed by atoms with Crippen LogP contribution in [0.5, 0.6) is 0 Å². The number of benzene rings is 1. The molecule has 1 amide bonds. The fraction of sp³-hybridized carbons (Fsp3) is 0.385. The molecule has 0 aromatic heterocycles. The van der Waals surface area contributed by atoms with E-state index in [1.165, 1.54) is 0 Å². The molecule has 0 spiro atoms. The number of hydrogen-bond donors (Lipinski definition) is 1. The summed E-state index contributed by atoms with van der Waals surface area (Å²) in [6, 6.07) is 5.49. The van der Waals surface area contributed by atoms with Crippen LogP contribution in [-0.2, 0) is 4.74 Å². The molecule has 0 radical (unpaired) electrons. The van der Waals surface area contributed by atoms with Crippen molar-refractivity contribution in [3.63, 3.8) is 0 Å². The van der Waals surface area contributed by atoms with Crippen molar-refractivity contribution >= 4 is 33.4 Å². The van der Waals surface area contributed by atoms with Gasteiger partial charge in [0.2, 0.25) is 0 Å². The van der Waals surface area contributed by atoms with Gasteiger partial charge in [0.25, 0.3) is 0 Å². The monoisotopic (exact) mass is 326 g/mol. The Labute approximate surface area is 120 Å². The average Bonchev–Trinajstić information content (AvgIpc) is 2.36. The number of anilines is 1. The first kappa shape index (κ1) is 13.9. The maximum absolute atomic E-state index is 12.0. The summed E-state index contributed by atoms with van der Waals surface area (Å²) < 4.78 is 6.09. The molecule has 1 aromatic carbocycles. The first-order valence-corrected chi connectivity index (χ1v) is 6.81. The molecule has 1 aliphatic heterocycles. The van der Waals surface area contributed by atoms with E-state index < -0.39 is 0 Å². The molecule has 0 saturated heterocycles. The van der Waals surface area contributed by atoms with Crippen LogP contribution in [0.4, 0.5) is 10.5 Å². The van der Waals surface area contributed by atoms with Gasteiger partial charge in [0.05, 0.1) is 17.5 Å². The van der Waals surface area contributed by atoms with Crippen LogP contribution in [-0.4, -0.2) is 29.7 Å². The molecule has 5 nitrogen and oxygen atoms in total. The summed E-state index contributed by atoms with van der Waals surface area (Å²) in [5.41, 5.74) is 2.02. The number of fused-ring (bicyclic) bond motifs is 1. The number of halogens is 1. The number of rotatable bonds is 1. The second-order valence-corrected chi connectivity index (χ2v) is 5.46. The van der Waals surface area contributed by atoms with E-state index in [4.69, 9.17) is 9.94 Å². The molecular formula is C13H15BrN2O3. The fourth-order valence-electron chi connectivity index (χ4n) is 2.01. The Morgan fingerprint density at radius 3 is 2.89 bits per heavy atom. The van der Waals surface area contributed by atoms with Crippen LogP contribution in [0.25, 0.3) is 0 Å². The van der Waals surface area contributed by atoms with Gasteiger partial charge in [-0.1, -0.05) is 21.1 Å². The number of nitrogens with zero attached hydrogens (tertiary/aromatic N) is 2. The van der Waals surface area contributed by atoms with Gasteiger partial charge in [0.1, 0.15) is 0 Å². The summed E-state index contributed by atoms with van der Waals surface area (Å²) in [4.78, 5) is 13.6. The average molecular weight is 327 g/mol. The van der Waals surface area contributed by atoms with E-state index in [2.05, 4.69) is 21.1 Å². The van der Waals surface area contributed by atoms with Crippen molar-refractivity contribution < 1.29 is 14.7 Å². The minimum absolute atomic E-state index is 0.167. The highest BCUT2D eigenvalue weighted by Gasteiger charge is 2.28. The maximum atomic E-state index is 12.0. The smallest absolute Gasteiger partial charge is 0.414 e. The number of carbonyl (C=O) groups excluding carboxylic acids is 1. The van der Waals surface area contributed by atoms with E-state index >= 15 is 0 Å². The van der Waals surface area contributed by atoms with Gasteiger partial charge < -0.3 is 9.94 Å². The third-order valence-corrected chi connectivity index (χ3v) is 3.30. The molecule has 6 heteroatoms. The molecule has 1 N–H and O–H groups in total. The van der Waals surface area contributed by atoms with Crippen molar-refractivity contribution in [1.82, 2.24) is 0 Å². The molecule has 19 heavy (non-hydrogen) atoms. The van der Waals surface area contributed by atoms with Crippen LogP contribution >= 0.6 is 15.9 Å². The zero-order valence-corrected chi connectivity index (χ0v) is 12.3. The van der Waals surface area contributed by atoms with Gasteiger partial charge in [-0.3, -0.25) is 4.90 Å². The number of amides is 1. The number of oxime groups is 1. The summed E-state index contributed by atoms with van der Waals surface area (Å²) in [5.74, 6) is 0. The molecule has 0 saturated carbocycles. The summed E-state index contributed by atoms with van der Waals surface area (Å²) in [6.07, 6.45) is -0.0532. The SMILES string of the molecule is CC(C)OC(=O)N1CC/C(=N/O)c2cc(Br)ccc21. The van der Waals surface area contributed by atoms with Crippen LogP contribution in [0.1, 0.15) is 25.8 Å². The minimum atomic E-state index is -0.379. The highest BCUT2D eigenvalue weighted by Crippen LogP contribution is 2.30. The summed E-state index contributed by atoms with van der Waals surface area (Å²) in [7, 11) is 0. The lowest BCUT2D eigenvalue weighted by Crippen LogP contribution is -2.39. The predicted molar refractivity (Wildman–Crippen MR) is 76.0 cm³/mol. The Kier molecular flexibility index (Phi) is 4.09. The number of carbonyl (C=O) groups is 1. The second-order valence-electron chi connectivity index (χ2n) is 4.54. The van der Waals surface area contributed by atoms with E-state index in [1.54, 1.807) is 4.90 Å². The fourth-order valence-corrected chi connectivity index (χ4v) is 2.37. The van der Waals surface area contributed by atoms with Gasteiger partial charge in [0, 0.05) is 23.0 Å². The maximum Gasteiger partial charge on any atom is 0.414 e.